The van der Waals surface area contributed by atoms with E-state index in [-0.39, 0.29) is 30.2 Å². The van der Waals surface area contributed by atoms with Crippen LogP contribution in [0.1, 0.15) is 122 Å². The van der Waals surface area contributed by atoms with E-state index in [0.29, 0.717) is 15.4 Å². The van der Waals surface area contributed by atoms with E-state index in [1.54, 1.807) is 6.07 Å². The molecule has 1 fully saturated rings. The molecule has 1 heterocycles. The van der Waals surface area contributed by atoms with Gasteiger partial charge < -0.3 is 10.2 Å². The maximum atomic E-state index is 12.9. The molecule has 0 bridgehead atoms. The molecular weight excluding hydrogens is 598 g/mol. The summed E-state index contributed by atoms with van der Waals surface area (Å²) in [5.41, 5.74) is -1.51. The third kappa shape index (κ3) is 10.5. The molecule has 1 aromatic rings. The number of unbranched alkanes of at least 4 members (excludes halogenated alkanes) is 13. The Morgan fingerprint density at radius 1 is 0.919 bits per heavy atom. The van der Waals surface area contributed by atoms with E-state index in [1.165, 1.54) is 75.2 Å². The number of nitrogens with zero attached hydrogens (tertiary/aromatic N) is 1. The van der Waals surface area contributed by atoms with Crippen LogP contribution in [0.25, 0.3) is 0 Å². The van der Waals surface area contributed by atoms with E-state index in [4.69, 9.17) is 0 Å². The van der Waals surface area contributed by atoms with Crippen molar-refractivity contribution in [1.82, 2.24) is 4.90 Å². The highest BCUT2D eigenvalue weighted by atomic mass is 79.9. The summed E-state index contributed by atoms with van der Waals surface area (Å²) in [6.45, 7) is 2.45. The fourth-order valence-corrected chi connectivity index (χ4v) is 5.54. The second-order valence-electron chi connectivity index (χ2n) is 10.3. The van der Waals surface area contributed by atoms with Gasteiger partial charge in [0, 0.05) is 23.9 Å². The SMILES string of the molecule is CCCCCCCCCCCC=CCCCCCCC(=O)N1CC[C@](O)(c2cc(O)c(Br)c(Br)c2)C1=O. The van der Waals surface area contributed by atoms with Crippen molar-refractivity contribution in [3.63, 3.8) is 0 Å². The van der Waals surface area contributed by atoms with Crippen LogP contribution in [-0.4, -0.2) is 33.5 Å². The largest absolute Gasteiger partial charge is 0.507 e. The Labute approximate surface area is 240 Å². The second kappa shape index (κ2) is 17.4. The topological polar surface area (TPSA) is 77.8 Å². The molecule has 37 heavy (non-hydrogen) atoms. The lowest BCUT2D eigenvalue weighted by Crippen LogP contribution is -2.40. The number of phenols is 1. The minimum atomic E-state index is -1.79. The molecule has 2 N–H and O–H groups in total. The Morgan fingerprint density at radius 3 is 2.03 bits per heavy atom. The number of likely N-dealkylation sites (tertiary alicyclic amines) is 1. The number of allylic oxidation sites excluding steroid dienone is 2. The fourth-order valence-electron chi connectivity index (χ4n) is 4.86. The van der Waals surface area contributed by atoms with E-state index in [1.807, 2.05) is 0 Å². The monoisotopic (exact) mass is 641 g/mol. The van der Waals surface area contributed by atoms with Crippen LogP contribution in [0.4, 0.5) is 0 Å². The summed E-state index contributed by atoms with van der Waals surface area (Å²) in [6.07, 6.45) is 23.5. The molecule has 7 heteroatoms. The number of imide groups is 1. The fraction of sp³-hybridized carbons (Fsp3) is 0.667. The Bertz CT molecular complexity index is 865. The first-order chi connectivity index (χ1) is 17.8. The molecule has 0 radical (unpaired) electrons. The molecule has 0 unspecified atom stereocenters. The first kappa shape index (κ1) is 32.0. The molecule has 5 nitrogen and oxygen atoms in total. The number of hydrogen-bond acceptors (Lipinski definition) is 4. The molecule has 2 rings (SSSR count). The zero-order chi connectivity index (χ0) is 27.1. The lowest BCUT2D eigenvalue weighted by Gasteiger charge is -2.23. The first-order valence-electron chi connectivity index (χ1n) is 14.2. The molecule has 2 amide bonds. The van der Waals surface area contributed by atoms with Crippen LogP contribution in [0.15, 0.2) is 33.2 Å². The highest BCUT2D eigenvalue weighted by Crippen LogP contribution is 2.40. The molecule has 208 valence electrons. The van der Waals surface area contributed by atoms with E-state index in [2.05, 4.69) is 50.9 Å². The van der Waals surface area contributed by atoms with E-state index in [9.17, 15) is 19.8 Å². The van der Waals surface area contributed by atoms with Crippen molar-refractivity contribution in [2.75, 3.05) is 6.54 Å². The molecule has 1 aromatic carbocycles. The number of rotatable bonds is 18. The first-order valence-corrected chi connectivity index (χ1v) is 15.8. The van der Waals surface area contributed by atoms with Crippen molar-refractivity contribution < 1.29 is 19.8 Å². The van der Waals surface area contributed by atoms with E-state index in [0.717, 1.165) is 32.1 Å². The molecule has 1 saturated heterocycles. The normalized spacial score (nSPS) is 17.8. The van der Waals surface area contributed by atoms with Crippen LogP contribution in [0.3, 0.4) is 0 Å². The third-order valence-corrected chi connectivity index (χ3v) is 9.23. The van der Waals surface area contributed by atoms with Crippen molar-refractivity contribution in [2.45, 2.75) is 122 Å². The minimum Gasteiger partial charge on any atom is -0.507 e. The number of phenolic OH excluding ortho intramolecular Hbond substituents is 1. The average Bonchev–Trinajstić information content (AvgIpc) is 3.19. The smallest absolute Gasteiger partial charge is 0.265 e. The summed E-state index contributed by atoms with van der Waals surface area (Å²) >= 11 is 6.55. The molecule has 0 aromatic heterocycles. The lowest BCUT2D eigenvalue weighted by molar-refractivity contribution is -0.151. The number of aromatic hydroxyl groups is 1. The van der Waals surface area contributed by atoms with Gasteiger partial charge in [-0.2, -0.15) is 0 Å². The van der Waals surface area contributed by atoms with Gasteiger partial charge in [-0.05, 0) is 81.7 Å². The third-order valence-electron chi connectivity index (χ3n) is 7.24. The Morgan fingerprint density at radius 2 is 1.46 bits per heavy atom. The van der Waals surface area contributed by atoms with Gasteiger partial charge >= 0.3 is 0 Å². The van der Waals surface area contributed by atoms with Crippen LogP contribution in [0.2, 0.25) is 0 Å². The molecule has 1 atom stereocenters. The van der Waals surface area contributed by atoms with Gasteiger partial charge in [-0.15, -0.1) is 0 Å². The molecule has 1 aliphatic rings. The second-order valence-corrected chi connectivity index (χ2v) is 11.9. The Kier molecular flexibility index (Phi) is 15.1. The number of benzene rings is 1. The van der Waals surface area contributed by atoms with Crippen molar-refractivity contribution >= 4 is 43.7 Å². The van der Waals surface area contributed by atoms with E-state index < -0.39 is 11.5 Å². The molecular formula is C30H45Br2NO4. The number of carbonyl (C=O) groups is 2. The van der Waals surface area contributed by atoms with Crippen LogP contribution in [-0.2, 0) is 15.2 Å². The predicted molar refractivity (Wildman–Crippen MR) is 157 cm³/mol. The molecule has 0 saturated carbocycles. The minimum absolute atomic E-state index is 0.0753. The van der Waals surface area contributed by atoms with Gasteiger partial charge in [0.05, 0.1) is 4.47 Å². The lowest BCUT2D eigenvalue weighted by atomic mass is 9.92. The summed E-state index contributed by atoms with van der Waals surface area (Å²) in [7, 11) is 0. The predicted octanol–water partition coefficient (Wildman–Crippen LogP) is 8.68. The van der Waals surface area contributed by atoms with Crippen molar-refractivity contribution in [3.8, 4) is 5.75 Å². The van der Waals surface area contributed by atoms with Crippen LogP contribution in [0, 0.1) is 0 Å². The standard InChI is InChI=1S/C30H45Br2NO4/c1-2-3-4-5-6-7-8-9-10-11-12-13-14-15-16-17-18-19-27(35)33-21-20-30(37,29(33)36)24-22-25(31)28(32)26(34)23-24/h12-13,22-23,34,37H,2-11,14-21H2,1H3/t30-/m0/s1. The van der Waals surface area contributed by atoms with Gasteiger partial charge in [-0.3, -0.25) is 14.5 Å². The number of aliphatic hydroxyl groups is 1. The number of amides is 2. The van der Waals surface area contributed by atoms with Crippen molar-refractivity contribution in [3.05, 3.63) is 38.8 Å². The Balaban J connectivity index is 1.54. The highest BCUT2D eigenvalue weighted by molar-refractivity contribution is 9.13. The van der Waals surface area contributed by atoms with E-state index >= 15 is 0 Å². The van der Waals surface area contributed by atoms with Crippen LogP contribution < -0.4 is 0 Å². The van der Waals surface area contributed by atoms with Gasteiger partial charge in [0.25, 0.3) is 5.91 Å². The molecule has 0 aliphatic carbocycles. The molecule has 0 spiro atoms. The van der Waals surface area contributed by atoms with Gasteiger partial charge in [0.2, 0.25) is 5.91 Å². The van der Waals surface area contributed by atoms with Gasteiger partial charge in [0.1, 0.15) is 5.75 Å². The number of halogens is 2. The summed E-state index contributed by atoms with van der Waals surface area (Å²) in [4.78, 5) is 26.7. The van der Waals surface area contributed by atoms with Gasteiger partial charge in [-0.1, -0.05) is 83.3 Å². The highest BCUT2D eigenvalue weighted by Gasteiger charge is 2.48. The summed E-state index contributed by atoms with van der Waals surface area (Å²) in [6, 6.07) is 2.96. The van der Waals surface area contributed by atoms with Gasteiger partial charge in [0.15, 0.2) is 5.60 Å². The zero-order valence-corrected chi connectivity index (χ0v) is 25.6. The van der Waals surface area contributed by atoms with Crippen LogP contribution >= 0.6 is 31.9 Å². The number of hydrogen-bond donors (Lipinski definition) is 2. The average molecular weight is 644 g/mol. The van der Waals surface area contributed by atoms with Gasteiger partial charge in [-0.25, -0.2) is 0 Å². The van der Waals surface area contributed by atoms with Crippen LogP contribution in [0.5, 0.6) is 5.75 Å². The van der Waals surface area contributed by atoms with Crippen molar-refractivity contribution in [1.29, 1.82) is 0 Å². The Hall–Kier alpha value is -1.18. The summed E-state index contributed by atoms with van der Waals surface area (Å²) in [5, 5.41) is 21.1. The number of carbonyl (C=O) groups excluding carboxylic acids is 2. The van der Waals surface area contributed by atoms with Crippen molar-refractivity contribution in [2.24, 2.45) is 0 Å². The maximum absolute atomic E-state index is 12.9. The summed E-state index contributed by atoms with van der Waals surface area (Å²) < 4.78 is 0.986. The zero-order valence-electron chi connectivity index (χ0n) is 22.5. The molecule has 1 aliphatic heterocycles. The quantitative estimate of drug-likeness (QED) is 0.124. The summed E-state index contributed by atoms with van der Waals surface area (Å²) in [5.74, 6) is -0.917. The maximum Gasteiger partial charge on any atom is 0.265 e.